The van der Waals surface area contributed by atoms with Crippen LogP contribution in [0.25, 0.3) is 0 Å². The summed E-state index contributed by atoms with van der Waals surface area (Å²) >= 11 is 0. The van der Waals surface area contributed by atoms with Gasteiger partial charge in [0.25, 0.3) is 5.91 Å². The molecule has 2 aromatic rings. The van der Waals surface area contributed by atoms with Crippen LogP contribution < -0.4 is 10.6 Å². The molecule has 0 aromatic heterocycles. The number of hydrogen-bond donors (Lipinski definition) is 2. The third-order valence-electron chi connectivity index (χ3n) is 4.19. The maximum atomic E-state index is 12.2. The van der Waals surface area contributed by atoms with Crippen molar-refractivity contribution in [2.24, 2.45) is 0 Å². The van der Waals surface area contributed by atoms with Crippen LogP contribution >= 0.6 is 0 Å². The molecule has 4 amide bonds. The number of carbonyl (C=O) groups excluding carboxylic acids is 3. The maximum Gasteiger partial charge on any atom is 0.324 e. The molecule has 2 aromatic carbocycles. The van der Waals surface area contributed by atoms with Gasteiger partial charge in [0, 0.05) is 12.1 Å². The summed E-state index contributed by atoms with van der Waals surface area (Å²) in [5.41, 5.74) is 3.54. The average molecular weight is 337 g/mol. The predicted molar refractivity (Wildman–Crippen MR) is 92.7 cm³/mol. The minimum absolute atomic E-state index is 0.0399. The molecule has 6 nitrogen and oxygen atoms in total. The molecule has 1 fully saturated rings. The van der Waals surface area contributed by atoms with E-state index >= 15 is 0 Å². The van der Waals surface area contributed by atoms with E-state index in [9.17, 15) is 14.4 Å². The Kier molecular flexibility index (Phi) is 4.79. The highest BCUT2D eigenvalue weighted by molar-refractivity contribution is 6.01. The van der Waals surface area contributed by atoms with Crippen LogP contribution in [0.15, 0.2) is 48.5 Å². The second-order valence-corrected chi connectivity index (χ2v) is 5.94. The van der Waals surface area contributed by atoms with Gasteiger partial charge in [0.1, 0.15) is 0 Å². The molecule has 1 aliphatic rings. The van der Waals surface area contributed by atoms with Crippen molar-refractivity contribution < 1.29 is 14.4 Å². The summed E-state index contributed by atoms with van der Waals surface area (Å²) < 4.78 is 0. The van der Waals surface area contributed by atoms with Crippen molar-refractivity contribution in [1.82, 2.24) is 15.5 Å². The van der Waals surface area contributed by atoms with Crippen LogP contribution in [0.4, 0.5) is 4.79 Å². The highest BCUT2D eigenvalue weighted by Crippen LogP contribution is 2.11. The van der Waals surface area contributed by atoms with E-state index in [0.717, 1.165) is 21.6 Å². The Bertz CT molecular complexity index is 799. The molecule has 6 heteroatoms. The number of carbonyl (C=O) groups is 3. The van der Waals surface area contributed by atoms with Crippen molar-refractivity contribution >= 4 is 17.8 Å². The maximum absolute atomic E-state index is 12.2. The summed E-state index contributed by atoms with van der Waals surface area (Å²) in [5, 5.41) is 5.37. The summed E-state index contributed by atoms with van der Waals surface area (Å²) in [4.78, 5) is 36.5. The van der Waals surface area contributed by atoms with E-state index in [0.29, 0.717) is 12.1 Å². The molecule has 2 N–H and O–H groups in total. The Balaban J connectivity index is 1.60. The lowest BCUT2D eigenvalue weighted by atomic mass is 10.1. The quantitative estimate of drug-likeness (QED) is 0.819. The summed E-state index contributed by atoms with van der Waals surface area (Å²) in [7, 11) is 0. The topological polar surface area (TPSA) is 78.5 Å². The number of nitrogens with one attached hydrogen (secondary N) is 2. The van der Waals surface area contributed by atoms with E-state index in [1.54, 1.807) is 24.3 Å². The molecule has 1 heterocycles. The smallest absolute Gasteiger partial charge is 0.324 e. The molecule has 0 spiro atoms. The summed E-state index contributed by atoms with van der Waals surface area (Å²) in [5.74, 6) is -0.408. The molecule has 0 bridgehead atoms. The van der Waals surface area contributed by atoms with Crippen molar-refractivity contribution in [3.63, 3.8) is 0 Å². The highest BCUT2D eigenvalue weighted by Gasteiger charge is 2.28. The van der Waals surface area contributed by atoms with E-state index in [-0.39, 0.29) is 30.9 Å². The van der Waals surface area contributed by atoms with Gasteiger partial charge >= 0.3 is 6.03 Å². The molecule has 0 radical (unpaired) electrons. The van der Waals surface area contributed by atoms with Gasteiger partial charge in [-0.1, -0.05) is 36.4 Å². The van der Waals surface area contributed by atoms with Crippen LogP contribution in [0.2, 0.25) is 0 Å². The normalized spacial score (nSPS) is 13.7. The Morgan fingerprint density at radius 3 is 2.48 bits per heavy atom. The lowest BCUT2D eigenvalue weighted by Crippen LogP contribution is -2.30. The molecule has 3 rings (SSSR count). The van der Waals surface area contributed by atoms with Gasteiger partial charge in [-0.2, -0.15) is 0 Å². The van der Waals surface area contributed by atoms with E-state index in [1.807, 2.05) is 31.2 Å². The molecule has 0 atom stereocenters. The zero-order chi connectivity index (χ0) is 17.8. The molecule has 1 saturated heterocycles. The van der Waals surface area contributed by atoms with Gasteiger partial charge in [-0.3, -0.25) is 14.5 Å². The van der Waals surface area contributed by atoms with Crippen molar-refractivity contribution in [1.29, 1.82) is 0 Å². The number of nitrogens with zero attached hydrogens (tertiary/aromatic N) is 1. The number of aryl methyl sites for hydroxylation is 1. The van der Waals surface area contributed by atoms with E-state index in [1.165, 1.54) is 0 Å². The Morgan fingerprint density at radius 1 is 1.12 bits per heavy atom. The molecule has 25 heavy (non-hydrogen) atoms. The number of imide groups is 1. The first-order valence-corrected chi connectivity index (χ1v) is 8.04. The van der Waals surface area contributed by atoms with Crippen molar-refractivity contribution in [3.05, 3.63) is 70.8 Å². The Labute approximate surface area is 145 Å². The Morgan fingerprint density at radius 2 is 1.84 bits per heavy atom. The van der Waals surface area contributed by atoms with Crippen LogP contribution in [0.3, 0.4) is 0 Å². The van der Waals surface area contributed by atoms with Crippen LogP contribution in [-0.4, -0.2) is 29.3 Å². The van der Waals surface area contributed by atoms with Gasteiger partial charge in [-0.25, -0.2) is 4.79 Å². The molecule has 0 unspecified atom stereocenters. The second kappa shape index (κ2) is 7.17. The summed E-state index contributed by atoms with van der Waals surface area (Å²) in [6.07, 6.45) is 0. The third kappa shape index (κ3) is 3.85. The van der Waals surface area contributed by atoms with Crippen LogP contribution in [0.1, 0.15) is 27.0 Å². The second-order valence-electron chi connectivity index (χ2n) is 5.94. The van der Waals surface area contributed by atoms with Gasteiger partial charge in [0.05, 0.1) is 13.1 Å². The average Bonchev–Trinajstić information content (AvgIpc) is 2.93. The van der Waals surface area contributed by atoms with Gasteiger partial charge in [0.2, 0.25) is 5.91 Å². The van der Waals surface area contributed by atoms with Crippen molar-refractivity contribution in [2.45, 2.75) is 20.0 Å². The minimum Gasteiger partial charge on any atom is -0.348 e. The standard InChI is InChI=1S/C19H19N3O3/c1-13-4-2-3-5-16(13)10-20-18(24)15-8-6-14(7-9-15)12-22-17(23)11-21-19(22)25/h2-9H,10-12H2,1H3,(H,20,24)(H,21,25). The number of rotatable bonds is 5. The van der Waals surface area contributed by atoms with Gasteiger partial charge in [0.15, 0.2) is 0 Å². The first kappa shape index (κ1) is 16.7. The minimum atomic E-state index is -0.384. The molecule has 1 aliphatic heterocycles. The van der Waals surface area contributed by atoms with E-state index < -0.39 is 0 Å². The van der Waals surface area contributed by atoms with E-state index in [4.69, 9.17) is 0 Å². The van der Waals surface area contributed by atoms with Crippen LogP contribution in [0, 0.1) is 6.92 Å². The first-order chi connectivity index (χ1) is 12.0. The number of hydrogen-bond acceptors (Lipinski definition) is 3. The SMILES string of the molecule is Cc1ccccc1CNC(=O)c1ccc(CN2C(=O)CNC2=O)cc1. The molecule has 128 valence electrons. The Hall–Kier alpha value is -3.15. The zero-order valence-corrected chi connectivity index (χ0v) is 13.9. The summed E-state index contributed by atoms with van der Waals surface area (Å²) in [6.45, 7) is 2.72. The largest absolute Gasteiger partial charge is 0.348 e. The fourth-order valence-corrected chi connectivity index (χ4v) is 2.65. The monoisotopic (exact) mass is 337 g/mol. The van der Waals surface area contributed by atoms with Gasteiger partial charge < -0.3 is 10.6 Å². The summed E-state index contributed by atoms with van der Waals surface area (Å²) in [6, 6.07) is 14.4. The zero-order valence-electron chi connectivity index (χ0n) is 13.9. The fraction of sp³-hybridized carbons (Fsp3) is 0.211. The van der Waals surface area contributed by atoms with Crippen molar-refractivity contribution in [3.8, 4) is 0 Å². The van der Waals surface area contributed by atoms with Crippen LogP contribution in [-0.2, 0) is 17.9 Å². The van der Waals surface area contributed by atoms with Crippen molar-refractivity contribution in [2.75, 3.05) is 6.54 Å². The van der Waals surface area contributed by atoms with Gasteiger partial charge in [-0.15, -0.1) is 0 Å². The number of benzene rings is 2. The first-order valence-electron chi connectivity index (χ1n) is 8.04. The molecule has 0 aliphatic carbocycles. The lowest BCUT2D eigenvalue weighted by Gasteiger charge is -2.12. The molecule has 0 saturated carbocycles. The third-order valence-corrected chi connectivity index (χ3v) is 4.19. The molecular formula is C19H19N3O3. The van der Waals surface area contributed by atoms with Crippen LogP contribution in [0.5, 0.6) is 0 Å². The lowest BCUT2D eigenvalue weighted by molar-refractivity contribution is -0.125. The van der Waals surface area contributed by atoms with E-state index in [2.05, 4.69) is 10.6 Å². The predicted octanol–water partition coefficient (Wildman–Crippen LogP) is 1.98. The number of urea groups is 1. The van der Waals surface area contributed by atoms with Gasteiger partial charge in [-0.05, 0) is 35.7 Å². The fourth-order valence-electron chi connectivity index (χ4n) is 2.65. The molecular weight excluding hydrogens is 318 g/mol. The number of amides is 4. The highest BCUT2D eigenvalue weighted by atomic mass is 16.2.